The van der Waals surface area contributed by atoms with Crippen LogP contribution in [0.5, 0.6) is 0 Å². The van der Waals surface area contributed by atoms with E-state index < -0.39 is 0 Å². The number of amides is 2. The summed E-state index contributed by atoms with van der Waals surface area (Å²) in [6, 6.07) is 11.5. The van der Waals surface area contributed by atoms with Crippen LogP contribution in [0, 0.1) is 5.92 Å². The van der Waals surface area contributed by atoms with E-state index in [0.717, 1.165) is 37.6 Å². The number of carbonyl (C=O) groups excluding carboxylic acids is 2. The molecule has 1 saturated heterocycles. The molecule has 0 radical (unpaired) electrons. The topological polar surface area (TPSA) is 64.7 Å². The van der Waals surface area contributed by atoms with Crippen molar-refractivity contribution in [3.8, 4) is 0 Å². The Kier molecular flexibility index (Phi) is 7.22. The van der Waals surface area contributed by atoms with Crippen LogP contribution in [0.3, 0.4) is 0 Å². The number of nitrogens with one attached hydrogen (secondary N) is 2. The minimum Gasteiger partial charge on any atom is -0.368 e. The molecule has 1 aliphatic heterocycles. The predicted molar refractivity (Wildman–Crippen MR) is 123 cm³/mol. The van der Waals surface area contributed by atoms with Gasteiger partial charge in [0.05, 0.1) is 4.88 Å². The van der Waals surface area contributed by atoms with E-state index in [9.17, 15) is 9.59 Å². The maximum absolute atomic E-state index is 12.2. The van der Waals surface area contributed by atoms with Gasteiger partial charge in [-0.3, -0.25) is 14.9 Å². The van der Waals surface area contributed by atoms with Crippen molar-refractivity contribution in [2.24, 2.45) is 5.92 Å². The molecule has 0 atom stereocenters. The third-order valence-corrected chi connectivity index (χ3v) is 5.75. The molecule has 29 heavy (non-hydrogen) atoms. The average molecular weight is 431 g/mol. The normalized spacial score (nSPS) is 14.0. The molecule has 0 saturated carbocycles. The van der Waals surface area contributed by atoms with Crippen LogP contribution in [-0.4, -0.2) is 48.0 Å². The number of rotatable bonds is 5. The van der Waals surface area contributed by atoms with E-state index >= 15 is 0 Å². The quantitative estimate of drug-likeness (QED) is 0.710. The number of hydrogen-bond donors (Lipinski definition) is 2. The molecule has 2 amide bonds. The maximum Gasteiger partial charge on any atom is 0.267 e. The molecule has 2 aromatic rings. The number of carbonyl (C=O) groups is 2. The molecule has 0 bridgehead atoms. The smallest absolute Gasteiger partial charge is 0.267 e. The molecular weight excluding hydrogens is 404 g/mol. The largest absolute Gasteiger partial charge is 0.368 e. The molecule has 1 aromatic heterocycles. The average Bonchev–Trinajstić information content (AvgIpc) is 3.23. The first-order valence-electron chi connectivity index (χ1n) is 9.71. The number of thiophene rings is 1. The zero-order chi connectivity index (χ0) is 20.8. The minimum absolute atomic E-state index is 0.209. The number of benzene rings is 1. The van der Waals surface area contributed by atoms with Crippen molar-refractivity contribution in [2.75, 3.05) is 36.4 Å². The van der Waals surface area contributed by atoms with Gasteiger partial charge in [-0.05, 0) is 53.8 Å². The van der Waals surface area contributed by atoms with Crippen LogP contribution in [0.25, 0.3) is 0 Å². The summed E-state index contributed by atoms with van der Waals surface area (Å²) in [7, 11) is 0. The number of hydrogen-bond acceptors (Lipinski definition) is 5. The fraction of sp³-hybridized carbons (Fsp3) is 0.381. The summed E-state index contributed by atoms with van der Waals surface area (Å²) in [5.74, 6) is 0.429. The van der Waals surface area contributed by atoms with Gasteiger partial charge in [-0.2, -0.15) is 0 Å². The maximum atomic E-state index is 12.2. The molecule has 1 fully saturated rings. The van der Waals surface area contributed by atoms with Crippen LogP contribution < -0.4 is 15.5 Å². The van der Waals surface area contributed by atoms with Gasteiger partial charge in [0.1, 0.15) is 0 Å². The Hall–Kier alpha value is -2.45. The first-order chi connectivity index (χ1) is 13.9. The van der Waals surface area contributed by atoms with Crippen molar-refractivity contribution < 1.29 is 9.59 Å². The first-order valence-corrected chi connectivity index (χ1v) is 11.0. The highest BCUT2D eigenvalue weighted by molar-refractivity contribution is 7.80. The Morgan fingerprint density at radius 1 is 1.10 bits per heavy atom. The van der Waals surface area contributed by atoms with Crippen molar-refractivity contribution in [3.05, 3.63) is 46.7 Å². The molecule has 0 unspecified atom stereocenters. The van der Waals surface area contributed by atoms with E-state index in [2.05, 4.69) is 29.4 Å². The highest BCUT2D eigenvalue weighted by atomic mass is 32.1. The lowest BCUT2D eigenvalue weighted by molar-refractivity contribution is -0.132. The van der Waals surface area contributed by atoms with Gasteiger partial charge in [-0.15, -0.1) is 11.3 Å². The van der Waals surface area contributed by atoms with Crippen LogP contribution in [-0.2, 0) is 4.79 Å². The summed E-state index contributed by atoms with van der Waals surface area (Å²) in [4.78, 5) is 29.1. The summed E-state index contributed by atoms with van der Waals surface area (Å²) in [5, 5.41) is 7.84. The van der Waals surface area contributed by atoms with Gasteiger partial charge in [-0.25, -0.2) is 0 Å². The minimum atomic E-state index is -0.209. The van der Waals surface area contributed by atoms with E-state index in [0.29, 0.717) is 17.2 Å². The first kappa shape index (κ1) is 21.3. The van der Waals surface area contributed by atoms with E-state index in [1.54, 1.807) is 6.07 Å². The van der Waals surface area contributed by atoms with Gasteiger partial charge in [0.15, 0.2) is 5.11 Å². The van der Waals surface area contributed by atoms with Crippen LogP contribution in [0.1, 0.15) is 29.9 Å². The molecular formula is C21H26N4O2S2. The van der Waals surface area contributed by atoms with Crippen LogP contribution in [0.2, 0.25) is 0 Å². The second-order valence-electron chi connectivity index (χ2n) is 7.40. The Morgan fingerprint density at radius 3 is 2.38 bits per heavy atom. The third-order valence-electron chi connectivity index (χ3n) is 4.68. The van der Waals surface area contributed by atoms with Gasteiger partial charge in [0.2, 0.25) is 5.91 Å². The lowest BCUT2D eigenvalue weighted by Gasteiger charge is -2.36. The van der Waals surface area contributed by atoms with E-state index in [-0.39, 0.29) is 16.9 Å². The van der Waals surface area contributed by atoms with Gasteiger partial charge in [0, 0.05) is 44.0 Å². The fourth-order valence-electron chi connectivity index (χ4n) is 3.18. The Morgan fingerprint density at radius 2 is 1.79 bits per heavy atom. The summed E-state index contributed by atoms with van der Waals surface area (Å²) >= 11 is 6.60. The number of nitrogens with zero attached hydrogens (tertiary/aromatic N) is 2. The van der Waals surface area contributed by atoms with E-state index in [1.807, 2.05) is 40.6 Å². The lowest BCUT2D eigenvalue weighted by atomic mass is 10.1. The molecule has 2 heterocycles. The zero-order valence-electron chi connectivity index (χ0n) is 16.7. The van der Waals surface area contributed by atoms with Gasteiger partial charge >= 0.3 is 0 Å². The molecule has 8 heteroatoms. The highest BCUT2D eigenvalue weighted by Crippen LogP contribution is 2.20. The summed E-state index contributed by atoms with van der Waals surface area (Å²) in [6.07, 6.45) is 0.614. The standard InChI is InChI=1S/C21H26N4O2S2/c1-15(2)14-19(26)25-11-9-24(10-12-25)17-7-5-16(6-8-17)22-21(28)23-20(27)18-4-3-13-29-18/h3-8,13,15H,9-12,14H2,1-2H3,(H2,22,23,27,28). The van der Waals surface area contributed by atoms with Crippen LogP contribution >= 0.6 is 23.6 Å². The Bertz CT molecular complexity index is 842. The monoisotopic (exact) mass is 430 g/mol. The SMILES string of the molecule is CC(C)CC(=O)N1CCN(c2ccc(NC(=S)NC(=O)c3cccs3)cc2)CC1. The van der Waals surface area contributed by atoms with Crippen molar-refractivity contribution in [3.63, 3.8) is 0 Å². The third kappa shape index (κ3) is 6.01. The second-order valence-corrected chi connectivity index (χ2v) is 8.75. The summed E-state index contributed by atoms with van der Waals surface area (Å²) in [6.45, 7) is 7.30. The number of piperazine rings is 1. The van der Waals surface area contributed by atoms with Crippen LogP contribution in [0.15, 0.2) is 41.8 Å². The van der Waals surface area contributed by atoms with Crippen molar-refractivity contribution in [1.82, 2.24) is 10.2 Å². The molecule has 0 spiro atoms. The number of anilines is 2. The molecule has 3 rings (SSSR count). The molecule has 1 aromatic carbocycles. The molecule has 6 nitrogen and oxygen atoms in total. The molecule has 154 valence electrons. The molecule has 1 aliphatic rings. The highest BCUT2D eigenvalue weighted by Gasteiger charge is 2.21. The molecule has 2 N–H and O–H groups in total. The Labute approximate surface area is 180 Å². The van der Waals surface area contributed by atoms with Crippen LogP contribution in [0.4, 0.5) is 11.4 Å². The lowest BCUT2D eigenvalue weighted by Crippen LogP contribution is -2.49. The number of thiocarbonyl (C=S) groups is 1. The fourth-order valence-corrected chi connectivity index (χ4v) is 4.01. The van der Waals surface area contributed by atoms with Gasteiger partial charge < -0.3 is 15.1 Å². The van der Waals surface area contributed by atoms with E-state index in [4.69, 9.17) is 12.2 Å². The van der Waals surface area contributed by atoms with Crippen molar-refractivity contribution in [1.29, 1.82) is 0 Å². The summed E-state index contributed by atoms with van der Waals surface area (Å²) < 4.78 is 0. The van der Waals surface area contributed by atoms with Crippen molar-refractivity contribution >= 4 is 51.9 Å². The second kappa shape index (κ2) is 9.84. The Balaban J connectivity index is 1.48. The van der Waals surface area contributed by atoms with Gasteiger partial charge in [0.25, 0.3) is 5.91 Å². The predicted octanol–water partition coefficient (Wildman–Crippen LogP) is 3.57. The molecule has 0 aliphatic carbocycles. The van der Waals surface area contributed by atoms with Crippen molar-refractivity contribution in [2.45, 2.75) is 20.3 Å². The summed E-state index contributed by atoms with van der Waals surface area (Å²) in [5.41, 5.74) is 1.93. The zero-order valence-corrected chi connectivity index (χ0v) is 18.3. The van der Waals surface area contributed by atoms with Gasteiger partial charge in [-0.1, -0.05) is 19.9 Å². The van der Waals surface area contributed by atoms with E-state index in [1.165, 1.54) is 11.3 Å².